The lowest BCUT2D eigenvalue weighted by molar-refractivity contribution is 0.600. The Bertz CT molecular complexity index is 3410. The van der Waals surface area contributed by atoms with E-state index in [1.165, 1.54) is 69.2 Å². The monoisotopic (exact) mass is 692 g/mol. The first-order chi connectivity index (χ1) is 26.3. The zero-order valence-electron chi connectivity index (χ0n) is 28.4. The van der Waals surface area contributed by atoms with Crippen LogP contribution in [0.2, 0.25) is 0 Å². The number of hydrogen-bond donors (Lipinski definition) is 0. The first-order valence-electron chi connectivity index (χ1n) is 18.0. The van der Waals surface area contributed by atoms with E-state index in [9.17, 15) is 0 Å². The highest BCUT2D eigenvalue weighted by molar-refractivity contribution is 7.26. The minimum atomic E-state index is 0.777. The Morgan fingerprint density at radius 3 is 1.83 bits per heavy atom. The molecule has 0 aliphatic carbocycles. The van der Waals surface area contributed by atoms with Gasteiger partial charge in [0.25, 0.3) is 0 Å². The molecule has 9 aromatic carbocycles. The van der Waals surface area contributed by atoms with Crippen molar-refractivity contribution in [1.29, 1.82) is 0 Å². The summed E-state index contributed by atoms with van der Waals surface area (Å²) in [6.45, 7) is 0. The third kappa shape index (κ3) is 4.14. The highest BCUT2D eigenvalue weighted by Crippen LogP contribution is 2.48. The zero-order valence-corrected chi connectivity index (χ0v) is 29.2. The molecule has 0 N–H and O–H groups in total. The average molecular weight is 693 g/mol. The Hall–Kier alpha value is -6.68. The van der Waals surface area contributed by atoms with E-state index in [1.807, 2.05) is 17.6 Å². The molecule has 3 heteroatoms. The van der Waals surface area contributed by atoms with Crippen LogP contribution in [-0.2, 0) is 0 Å². The van der Waals surface area contributed by atoms with Crippen LogP contribution in [0.1, 0.15) is 0 Å². The fraction of sp³-hybridized carbons (Fsp3) is 0. The van der Waals surface area contributed by atoms with Crippen LogP contribution in [0.15, 0.2) is 179 Å². The van der Waals surface area contributed by atoms with E-state index in [-0.39, 0.29) is 0 Å². The summed E-state index contributed by atoms with van der Waals surface area (Å²) in [7, 11) is 0. The molecule has 12 aromatic rings. The number of fused-ring (bicyclic) bond motifs is 11. The molecule has 0 atom stereocenters. The van der Waals surface area contributed by atoms with Gasteiger partial charge >= 0.3 is 0 Å². The SMILES string of the molecule is c1ccc2cc(-c3coc4c3ccc3c5ccc(-c6c7ccccc7c(-c7cccc8sc9ccccc9c78)c7ccccc67)cc5oc34)ccc2c1. The maximum atomic E-state index is 6.75. The lowest BCUT2D eigenvalue weighted by atomic mass is 9.85. The summed E-state index contributed by atoms with van der Waals surface area (Å²) in [4.78, 5) is 0. The molecule has 2 nitrogen and oxygen atoms in total. The van der Waals surface area contributed by atoms with E-state index < -0.39 is 0 Å². The first kappa shape index (κ1) is 29.0. The molecular formula is C50H28O2S. The van der Waals surface area contributed by atoms with Gasteiger partial charge in [0.2, 0.25) is 0 Å². The Balaban J connectivity index is 1.08. The molecule has 3 aromatic heterocycles. The zero-order chi connectivity index (χ0) is 34.6. The summed E-state index contributed by atoms with van der Waals surface area (Å²) in [5.74, 6) is 0. The molecule has 0 saturated carbocycles. The van der Waals surface area contributed by atoms with Crippen LogP contribution in [0.3, 0.4) is 0 Å². The van der Waals surface area contributed by atoms with Crippen LogP contribution < -0.4 is 0 Å². The van der Waals surface area contributed by atoms with E-state index >= 15 is 0 Å². The van der Waals surface area contributed by atoms with E-state index in [0.29, 0.717) is 0 Å². The standard InChI is InChI=1S/C50H28O2S/c1-2-11-30-26-31(21-20-29(30)10-1)42-28-51-49-39(42)25-24-38-33-23-22-32(27-43(33)52-50(38)49)46-34-12-3-5-14-36(34)47(37-15-6-4-13-35(37)46)41-17-9-19-45-48(41)40-16-7-8-18-44(40)53-45/h1-28H. The van der Waals surface area contributed by atoms with E-state index in [0.717, 1.165) is 49.6 Å². The molecule has 0 bridgehead atoms. The van der Waals surface area contributed by atoms with Crippen LogP contribution in [0.4, 0.5) is 0 Å². The highest BCUT2D eigenvalue weighted by Gasteiger charge is 2.21. The van der Waals surface area contributed by atoms with Crippen LogP contribution >= 0.6 is 11.3 Å². The van der Waals surface area contributed by atoms with Crippen molar-refractivity contribution < 1.29 is 8.83 Å². The average Bonchev–Trinajstić information content (AvgIpc) is 3.93. The van der Waals surface area contributed by atoms with Gasteiger partial charge in [-0.15, -0.1) is 11.3 Å². The van der Waals surface area contributed by atoms with Gasteiger partial charge in [-0.25, -0.2) is 0 Å². The van der Waals surface area contributed by atoms with Crippen molar-refractivity contribution in [2.45, 2.75) is 0 Å². The number of hydrogen-bond acceptors (Lipinski definition) is 3. The number of rotatable bonds is 3. The Labute approximate surface area is 307 Å². The summed E-state index contributed by atoms with van der Waals surface area (Å²) < 4.78 is 15.7. The normalized spacial score (nSPS) is 12.2. The Morgan fingerprint density at radius 2 is 1.02 bits per heavy atom. The van der Waals surface area contributed by atoms with Gasteiger partial charge < -0.3 is 8.83 Å². The third-order valence-corrected chi connectivity index (χ3v) is 12.3. The van der Waals surface area contributed by atoms with Crippen molar-refractivity contribution in [2.24, 2.45) is 0 Å². The van der Waals surface area contributed by atoms with Crippen molar-refractivity contribution in [3.63, 3.8) is 0 Å². The number of thiophene rings is 1. The van der Waals surface area contributed by atoms with Gasteiger partial charge in [0.1, 0.15) is 5.58 Å². The molecule has 0 fully saturated rings. The van der Waals surface area contributed by atoms with Gasteiger partial charge in [0.05, 0.1) is 6.26 Å². The van der Waals surface area contributed by atoms with Crippen molar-refractivity contribution >= 4 is 96.7 Å². The molecule has 53 heavy (non-hydrogen) atoms. The van der Waals surface area contributed by atoms with Gasteiger partial charge in [-0.1, -0.05) is 121 Å². The second-order valence-electron chi connectivity index (χ2n) is 14.0. The lowest BCUT2D eigenvalue weighted by Gasteiger charge is -2.18. The van der Waals surface area contributed by atoms with Crippen LogP contribution in [0, 0.1) is 0 Å². The molecule has 0 aliphatic heterocycles. The molecule has 0 unspecified atom stereocenters. The maximum absolute atomic E-state index is 6.75. The summed E-state index contributed by atoms with van der Waals surface area (Å²) in [5, 5.41) is 13.2. The first-order valence-corrected chi connectivity index (χ1v) is 18.8. The van der Waals surface area contributed by atoms with E-state index in [1.54, 1.807) is 0 Å². The Kier molecular flexibility index (Phi) is 5.96. The van der Waals surface area contributed by atoms with Crippen molar-refractivity contribution in [3.8, 4) is 33.4 Å². The molecular weight excluding hydrogens is 665 g/mol. The van der Waals surface area contributed by atoms with Gasteiger partial charge in [0, 0.05) is 41.9 Å². The summed E-state index contributed by atoms with van der Waals surface area (Å²) >= 11 is 1.87. The van der Waals surface area contributed by atoms with Gasteiger partial charge in [-0.3, -0.25) is 0 Å². The largest absolute Gasteiger partial charge is 0.460 e. The van der Waals surface area contributed by atoms with Crippen molar-refractivity contribution in [2.75, 3.05) is 0 Å². The Morgan fingerprint density at radius 1 is 0.377 bits per heavy atom. The fourth-order valence-corrected chi connectivity index (χ4v) is 9.91. The molecule has 0 spiro atoms. The molecule has 246 valence electrons. The smallest absolute Gasteiger partial charge is 0.178 e. The van der Waals surface area contributed by atoms with E-state index in [4.69, 9.17) is 8.83 Å². The van der Waals surface area contributed by atoms with Gasteiger partial charge in [0.15, 0.2) is 11.2 Å². The van der Waals surface area contributed by atoms with Crippen LogP contribution in [0.5, 0.6) is 0 Å². The quantitative estimate of drug-likeness (QED) is 0.172. The molecule has 0 amide bonds. The van der Waals surface area contributed by atoms with E-state index in [2.05, 4.69) is 164 Å². The minimum Gasteiger partial charge on any atom is -0.460 e. The lowest BCUT2D eigenvalue weighted by Crippen LogP contribution is -1.91. The number of furan rings is 2. The molecule has 3 heterocycles. The molecule has 0 radical (unpaired) electrons. The second kappa shape index (κ2) is 10.9. The fourth-order valence-electron chi connectivity index (χ4n) is 8.77. The van der Waals surface area contributed by atoms with Crippen molar-refractivity contribution in [3.05, 3.63) is 170 Å². The second-order valence-corrected chi connectivity index (χ2v) is 15.0. The predicted octanol–water partition coefficient (Wildman–Crippen LogP) is 15.2. The molecule has 12 rings (SSSR count). The highest BCUT2D eigenvalue weighted by atomic mass is 32.1. The predicted molar refractivity (Wildman–Crippen MR) is 225 cm³/mol. The summed E-state index contributed by atoms with van der Waals surface area (Å²) in [6.07, 6.45) is 1.87. The number of benzene rings is 9. The topological polar surface area (TPSA) is 26.3 Å². The van der Waals surface area contributed by atoms with Gasteiger partial charge in [-0.2, -0.15) is 0 Å². The van der Waals surface area contributed by atoms with Crippen LogP contribution in [-0.4, -0.2) is 0 Å². The maximum Gasteiger partial charge on any atom is 0.178 e. The van der Waals surface area contributed by atoms with Crippen molar-refractivity contribution in [1.82, 2.24) is 0 Å². The van der Waals surface area contributed by atoms with Gasteiger partial charge in [-0.05, 0) is 103 Å². The minimum absolute atomic E-state index is 0.777. The molecule has 0 saturated heterocycles. The molecule has 0 aliphatic rings. The van der Waals surface area contributed by atoms with Crippen LogP contribution in [0.25, 0.3) is 119 Å². The third-order valence-electron chi connectivity index (χ3n) is 11.1. The summed E-state index contributed by atoms with van der Waals surface area (Å²) in [5.41, 5.74) is 9.50. The summed E-state index contributed by atoms with van der Waals surface area (Å²) in [6, 6.07) is 59.4.